The third-order valence-electron chi connectivity index (χ3n) is 2.29. The fourth-order valence-corrected chi connectivity index (χ4v) is 1.65. The molecule has 0 bridgehead atoms. The number of methoxy groups -OCH3 is 1. The predicted octanol–water partition coefficient (Wildman–Crippen LogP) is 3.62. The van der Waals surface area contributed by atoms with Crippen LogP contribution in [0, 0.1) is 0 Å². The Morgan fingerprint density at radius 2 is 1.88 bits per heavy atom. The molecule has 0 fully saturated rings. The van der Waals surface area contributed by atoms with Crippen molar-refractivity contribution in [1.82, 2.24) is 0 Å². The highest BCUT2D eigenvalue weighted by Crippen LogP contribution is 2.23. The van der Waals surface area contributed by atoms with Gasteiger partial charge >= 0.3 is 5.37 Å². The number of ether oxygens (including phenoxy) is 1. The van der Waals surface area contributed by atoms with Gasteiger partial charge in [-0.15, -0.1) is 0 Å². The van der Waals surface area contributed by atoms with Crippen molar-refractivity contribution in [3.8, 4) is 5.75 Å². The Labute approximate surface area is 98.0 Å². The maximum absolute atomic E-state index is 10.7. The van der Waals surface area contributed by atoms with Crippen molar-refractivity contribution in [2.24, 2.45) is 0 Å². The molecule has 0 saturated heterocycles. The van der Waals surface area contributed by atoms with Crippen LogP contribution < -0.4 is 10.1 Å². The normalized spacial score (nSPS) is 10.1. The summed E-state index contributed by atoms with van der Waals surface area (Å²) in [5.41, 5.74) is 0.678. The van der Waals surface area contributed by atoms with E-state index in [0.717, 1.165) is 16.5 Å². The van der Waals surface area contributed by atoms with E-state index in [2.05, 4.69) is 5.32 Å². The number of nitrogens with one attached hydrogen (secondary N) is 1. The molecule has 0 aliphatic carbocycles. The molecule has 0 aromatic heterocycles. The lowest BCUT2D eigenvalue weighted by Gasteiger charge is -2.05. The molecular weight excluding hydrogens is 226 g/mol. The van der Waals surface area contributed by atoms with Crippen LogP contribution in [-0.2, 0) is 0 Å². The first kappa shape index (κ1) is 10.8. The average molecular weight is 236 g/mol. The Hall–Kier alpha value is -1.74. The standard InChI is InChI=1S/C12H10ClNO2/c1-16-11-5-3-8-6-10(14-12(13)15)4-2-9(8)7-11/h2-7H,1H3,(H,14,15). The Balaban J connectivity index is 2.43. The summed E-state index contributed by atoms with van der Waals surface area (Å²) in [5, 5.41) is 4.00. The second-order valence-electron chi connectivity index (χ2n) is 3.33. The van der Waals surface area contributed by atoms with E-state index in [4.69, 9.17) is 16.3 Å². The van der Waals surface area contributed by atoms with Crippen LogP contribution in [0.3, 0.4) is 0 Å². The number of hydrogen-bond acceptors (Lipinski definition) is 2. The second-order valence-corrected chi connectivity index (χ2v) is 3.67. The van der Waals surface area contributed by atoms with Crippen molar-refractivity contribution in [2.75, 3.05) is 12.4 Å². The van der Waals surface area contributed by atoms with Crippen LogP contribution in [0.15, 0.2) is 36.4 Å². The quantitative estimate of drug-likeness (QED) is 0.638. The zero-order valence-electron chi connectivity index (χ0n) is 8.66. The molecule has 0 radical (unpaired) electrons. The topological polar surface area (TPSA) is 38.3 Å². The molecular formula is C12H10ClNO2. The van der Waals surface area contributed by atoms with Gasteiger partial charge in [0, 0.05) is 5.69 Å². The number of carbonyl (C=O) groups is 1. The van der Waals surface area contributed by atoms with Gasteiger partial charge in [0.25, 0.3) is 0 Å². The van der Waals surface area contributed by atoms with Gasteiger partial charge in [-0.1, -0.05) is 12.1 Å². The molecule has 16 heavy (non-hydrogen) atoms. The molecule has 0 aliphatic heterocycles. The van der Waals surface area contributed by atoms with Crippen molar-refractivity contribution in [3.05, 3.63) is 36.4 Å². The van der Waals surface area contributed by atoms with E-state index in [1.165, 1.54) is 0 Å². The van der Waals surface area contributed by atoms with Gasteiger partial charge in [0.05, 0.1) is 7.11 Å². The summed E-state index contributed by atoms with van der Waals surface area (Å²) in [7, 11) is 1.63. The highest BCUT2D eigenvalue weighted by Gasteiger charge is 2.00. The first-order chi connectivity index (χ1) is 7.69. The van der Waals surface area contributed by atoms with Crippen LogP contribution in [-0.4, -0.2) is 12.5 Å². The van der Waals surface area contributed by atoms with Crippen LogP contribution >= 0.6 is 11.6 Å². The van der Waals surface area contributed by atoms with E-state index in [1.54, 1.807) is 13.2 Å². The minimum Gasteiger partial charge on any atom is -0.497 e. The van der Waals surface area contributed by atoms with E-state index >= 15 is 0 Å². The summed E-state index contributed by atoms with van der Waals surface area (Å²) in [4.78, 5) is 10.7. The van der Waals surface area contributed by atoms with Gasteiger partial charge in [0.2, 0.25) is 0 Å². The van der Waals surface area contributed by atoms with Crippen molar-refractivity contribution < 1.29 is 9.53 Å². The number of halogens is 1. The minimum atomic E-state index is -0.590. The van der Waals surface area contributed by atoms with Gasteiger partial charge in [0.15, 0.2) is 0 Å². The number of amides is 1. The van der Waals surface area contributed by atoms with E-state index < -0.39 is 5.37 Å². The van der Waals surface area contributed by atoms with Gasteiger partial charge in [-0.05, 0) is 46.6 Å². The zero-order chi connectivity index (χ0) is 11.5. The molecule has 2 rings (SSSR count). The summed E-state index contributed by atoms with van der Waals surface area (Å²) in [6.45, 7) is 0. The fraction of sp³-hybridized carbons (Fsp3) is 0.0833. The summed E-state index contributed by atoms with van der Waals surface area (Å²) >= 11 is 5.24. The summed E-state index contributed by atoms with van der Waals surface area (Å²) in [6, 6.07) is 11.3. The van der Waals surface area contributed by atoms with E-state index in [1.807, 2.05) is 30.3 Å². The first-order valence-corrected chi connectivity index (χ1v) is 5.11. The van der Waals surface area contributed by atoms with Crippen LogP contribution in [0.1, 0.15) is 0 Å². The smallest absolute Gasteiger partial charge is 0.318 e. The molecule has 2 aromatic rings. The lowest BCUT2D eigenvalue weighted by atomic mass is 10.1. The Morgan fingerprint density at radius 1 is 1.19 bits per heavy atom. The molecule has 0 aliphatic rings. The lowest BCUT2D eigenvalue weighted by Crippen LogP contribution is -2.00. The molecule has 0 unspecified atom stereocenters. The van der Waals surface area contributed by atoms with Gasteiger partial charge in [-0.3, -0.25) is 4.79 Å². The first-order valence-electron chi connectivity index (χ1n) is 4.73. The van der Waals surface area contributed by atoms with E-state index in [-0.39, 0.29) is 0 Å². The highest BCUT2D eigenvalue weighted by molar-refractivity contribution is 6.65. The molecule has 3 nitrogen and oxygen atoms in total. The third-order valence-corrected chi connectivity index (χ3v) is 2.38. The van der Waals surface area contributed by atoms with Crippen LogP contribution in [0.4, 0.5) is 10.5 Å². The Bertz CT molecular complexity index is 540. The van der Waals surface area contributed by atoms with Crippen molar-refractivity contribution in [1.29, 1.82) is 0 Å². The van der Waals surface area contributed by atoms with Gasteiger partial charge < -0.3 is 10.1 Å². The summed E-state index contributed by atoms with van der Waals surface area (Å²) in [5.74, 6) is 0.807. The molecule has 0 saturated carbocycles. The van der Waals surface area contributed by atoms with Crippen molar-refractivity contribution >= 4 is 33.4 Å². The Morgan fingerprint density at radius 3 is 2.56 bits per heavy atom. The van der Waals surface area contributed by atoms with Crippen LogP contribution in [0.5, 0.6) is 5.75 Å². The van der Waals surface area contributed by atoms with Gasteiger partial charge in [-0.25, -0.2) is 0 Å². The number of benzene rings is 2. The SMILES string of the molecule is COc1ccc2cc(NC(=O)Cl)ccc2c1. The average Bonchev–Trinajstić information content (AvgIpc) is 2.27. The molecule has 0 heterocycles. The molecule has 82 valence electrons. The maximum Gasteiger partial charge on any atom is 0.318 e. The predicted molar refractivity (Wildman–Crippen MR) is 65.4 cm³/mol. The highest BCUT2D eigenvalue weighted by atomic mass is 35.5. The third kappa shape index (κ3) is 2.25. The molecule has 0 atom stereocenters. The van der Waals surface area contributed by atoms with Crippen molar-refractivity contribution in [2.45, 2.75) is 0 Å². The Kier molecular flexibility index (Phi) is 2.97. The van der Waals surface area contributed by atoms with Gasteiger partial charge in [0.1, 0.15) is 5.75 Å². The molecule has 4 heteroatoms. The number of hydrogen-bond donors (Lipinski definition) is 1. The number of fused-ring (bicyclic) bond motifs is 1. The maximum atomic E-state index is 10.7. The molecule has 2 aromatic carbocycles. The molecule has 1 N–H and O–H groups in total. The van der Waals surface area contributed by atoms with E-state index in [9.17, 15) is 4.79 Å². The second kappa shape index (κ2) is 4.41. The summed E-state index contributed by atoms with van der Waals surface area (Å²) < 4.78 is 5.13. The number of carbonyl (C=O) groups excluding carboxylic acids is 1. The largest absolute Gasteiger partial charge is 0.497 e. The fourth-order valence-electron chi connectivity index (χ4n) is 1.54. The van der Waals surface area contributed by atoms with E-state index in [0.29, 0.717) is 5.69 Å². The molecule has 0 spiro atoms. The van der Waals surface area contributed by atoms with Gasteiger partial charge in [-0.2, -0.15) is 0 Å². The minimum absolute atomic E-state index is 0.590. The zero-order valence-corrected chi connectivity index (χ0v) is 9.41. The monoisotopic (exact) mass is 235 g/mol. The number of anilines is 1. The van der Waals surface area contributed by atoms with Crippen molar-refractivity contribution in [3.63, 3.8) is 0 Å². The molecule has 1 amide bonds. The summed E-state index contributed by atoms with van der Waals surface area (Å²) in [6.07, 6.45) is 0. The lowest BCUT2D eigenvalue weighted by molar-refractivity contribution is 0.269. The van der Waals surface area contributed by atoms with Crippen LogP contribution in [0.2, 0.25) is 0 Å². The van der Waals surface area contributed by atoms with Crippen LogP contribution in [0.25, 0.3) is 10.8 Å². The number of rotatable bonds is 2.